The Morgan fingerprint density at radius 2 is 1.70 bits per heavy atom. The molecule has 0 heterocycles. The van der Waals surface area contributed by atoms with Gasteiger partial charge in [0.05, 0.1) is 0 Å². The Balaban J connectivity index is 0.000000810. The van der Waals surface area contributed by atoms with Gasteiger partial charge in [-0.25, -0.2) is 0 Å². The molecule has 0 aliphatic carbocycles. The Morgan fingerprint density at radius 3 is 2.20 bits per heavy atom. The summed E-state index contributed by atoms with van der Waals surface area (Å²) in [6, 6.07) is 10.4. The van der Waals surface area contributed by atoms with Crippen LogP contribution < -0.4 is 0 Å². The molecule has 0 unspecified atom stereocenters. The maximum Gasteiger partial charge on any atom is -0.00574 e. The first-order valence-electron chi connectivity index (χ1n) is 3.08. The van der Waals surface area contributed by atoms with Gasteiger partial charge in [0.1, 0.15) is 0 Å². The molecule has 0 fully saturated rings. The van der Waals surface area contributed by atoms with E-state index in [0.29, 0.717) is 0 Å². The highest BCUT2D eigenvalue weighted by molar-refractivity contribution is 7.80. The third-order valence-electron chi connectivity index (χ3n) is 1.24. The Kier molecular flexibility index (Phi) is 5.08. The lowest BCUT2D eigenvalue weighted by atomic mass is 10.2. The van der Waals surface area contributed by atoms with Gasteiger partial charge in [-0.2, -0.15) is 12.6 Å². The van der Waals surface area contributed by atoms with Crippen molar-refractivity contribution in [2.75, 3.05) is 5.75 Å². The summed E-state index contributed by atoms with van der Waals surface area (Å²) in [7, 11) is 0. The first-order valence-corrected chi connectivity index (χ1v) is 3.71. The molecule has 0 aliphatic heterocycles. The molecule has 1 aromatic rings. The van der Waals surface area contributed by atoms with Crippen molar-refractivity contribution in [1.29, 1.82) is 0 Å². The molecule has 1 aromatic carbocycles. The zero-order valence-corrected chi connectivity index (χ0v) is 6.64. The second kappa shape index (κ2) is 5.33. The molecule has 10 heavy (non-hydrogen) atoms. The normalized spacial score (nSPS) is 8.50. The van der Waals surface area contributed by atoms with E-state index in [1.165, 1.54) is 5.56 Å². The van der Waals surface area contributed by atoms with Gasteiger partial charge in [-0.3, -0.25) is 0 Å². The van der Waals surface area contributed by atoms with E-state index in [0.717, 1.165) is 12.2 Å². The third kappa shape index (κ3) is 2.90. The maximum absolute atomic E-state index is 4.13. The second-order valence-corrected chi connectivity index (χ2v) is 2.41. The van der Waals surface area contributed by atoms with E-state index in [2.05, 4.69) is 36.9 Å². The van der Waals surface area contributed by atoms with Crippen LogP contribution in [-0.4, -0.2) is 11.2 Å². The van der Waals surface area contributed by atoms with Crippen LogP contribution in [0.15, 0.2) is 30.3 Å². The van der Waals surface area contributed by atoms with Crippen LogP contribution in [0.25, 0.3) is 0 Å². The van der Waals surface area contributed by atoms with Gasteiger partial charge >= 0.3 is 0 Å². The summed E-state index contributed by atoms with van der Waals surface area (Å²) in [5.41, 5.74) is 1.37. The van der Waals surface area contributed by atoms with Gasteiger partial charge in [-0.15, -0.1) is 0 Å². The molecule has 0 spiro atoms. The monoisotopic (exact) mass is 156 g/mol. The molecule has 1 rings (SSSR count). The molecule has 0 aromatic heterocycles. The lowest BCUT2D eigenvalue weighted by molar-refractivity contribution is 0.824. The van der Waals surface area contributed by atoms with Gasteiger partial charge in [0.2, 0.25) is 0 Å². The molecule has 0 bridgehead atoms. The molecular weight excluding hydrogens is 144 g/mol. The lowest BCUT2D eigenvalue weighted by Gasteiger charge is -1.93. The molecule has 0 saturated heterocycles. The fourth-order valence-corrected chi connectivity index (χ4v) is 1.03. The highest BCUT2D eigenvalue weighted by Crippen LogP contribution is 1.99. The largest absolute Gasteiger partial charge is 0.412 e. The first kappa shape index (κ1) is 9.53. The highest BCUT2D eigenvalue weighted by atomic mass is 32.1. The summed E-state index contributed by atoms with van der Waals surface area (Å²) >= 11 is 4.13. The van der Waals surface area contributed by atoms with Crippen molar-refractivity contribution < 1.29 is 5.48 Å². The standard InChI is InChI=1S/C8H10S.H2O/c9-7-6-8-4-2-1-3-5-8;/h1-5,9H,6-7H2;1H2. The van der Waals surface area contributed by atoms with Crippen LogP contribution in [0.1, 0.15) is 5.56 Å². The van der Waals surface area contributed by atoms with E-state index < -0.39 is 0 Å². The highest BCUT2D eigenvalue weighted by Gasteiger charge is 1.84. The fraction of sp³-hybridized carbons (Fsp3) is 0.250. The van der Waals surface area contributed by atoms with E-state index in [9.17, 15) is 0 Å². The van der Waals surface area contributed by atoms with Gasteiger partial charge in [0, 0.05) is 0 Å². The number of aryl methyl sites for hydroxylation is 1. The maximum atomic E-state index is 4.13. The molecule has 1 nitrogen and oxygen atoms in total. The Hall–Kier alpha value is -0.470. The Morgan fingerprint density at radius 1 is 1.10 bits per heavy atom. The number of thiol groups is 1. The van der Waals surface area contributed by atoms with Crippen LogP contribution in [-0.2, 0) is 6.42 Å². The molecule has 0 atom stereocenters. The summed E-state index contributed by atoms with van der Waals surface area (Å²) in [5, 5.41) is 0. The topological polar surface area (TPSA) is 31.5 Å². The third-order valence-corrected chi connectivity index (χ3v) is 1.47. The summed E-state index contributed by atoms with van der Waals surface area (Å²) in [5.74, 6) is 0.935. The summed E-state index contributed by atoms with van der Waals surface area (Å²) < 4.78 is 0. The van der Waals surface area contributed by atoms with Crippen molar-refractivity contribution in [3.05, 3.63) is 35.9 Å². The SMILES string of the molecule is O.SCCc1ccccc1. The van der Waals surface area contributed by atoms with Crippen LogP contribution in [0, 0.1) is 0 Å². The van der Waals surface area contributed by atoms with Crippen LogP contribution in [0.3, 0.4) is 0 Å². The van der Waals surface area contributed by atoms with Gasteiger partial charge in [-0.1, -0.05) is 30.3 Å². The van der Waals surface area contributed by atoms with E-state index in [1.807, 2.05) is 6.07 Å². The van der Waals surface area contributed by atoms with E-state index in [4.69, 9.17) is 0 Å². The van der Waals surface area contributed by atoms with E-state index in [-0.39, 0.29) is 5.48 Å². The van der Waals surface area contributed by atoms with Crippen LogP contribution >= 0.6 is 12.6 Å². The van der Waals surface area contributed by atoms with Crippen molar-refractivity contribution in [3.63, 3.8) is 0 Å². The Labute approximate surface area is 66.8 Å². The van der Waals surface area contributed by atoms with Gasteiger partial charge < -0.3 is 5.48 Å². The minimum absolute atomic E-state index is 0. The predicted molar refractivity (Wildman–Crippen MR) is 47.6 cm³/mol. The van der Waals surface area contributed by atoms with Crippen molar-refractivity contribution in [2.24, 2.45) is 0 Å². The summed E-state index contributed by atoms with van der Waals surface area (Å²) in [6.07, 6.45) is 1.07. The van der Waals surface area contributed by atoms with Crippen molar-refractivity contribution in [1.82, 2.24) is 0 Å². The average Bonchev–Trinajstić information content (AvgIpc) is 1.91. The summed E-state index contributed by atoms with van der Waals surface area (Å²) in [4.78, 5) is 0. The molecule has 2 heteroatoms. The molecule has 56 valence electrons. The Bertz CT molecular complexity index is 162. The molecule has 0 amide bonds. The smallest absolute Gasteiger partial charge is 0.00574 e. The molecule has 0 radical (unpaired) electrons. The van der Waals surface area contributed by atoms with Gasteiger partial charge in [-0.05, 0) is 17.7 Å². The average molecular weight is 156 g/mol. The number of hydrogen-bond donors (Lipinski definition) is 1. The first-order chi connectivity index (χ1) is 4.43. The predicted octanol–water partition coefficient (Wildman–Crippen LogP) is 1.33. The molecular formula is C8H12OS. The van der Waals surface area contributed by atoms with E-state index in [1.54, 1.807) is 0 Å². The van der Waals surface area contributed by atoms with E-state index >= 15 is 0 Å². The number of benzene rings is 1. The second-order valence-electron chi connectivity index (χ2n) is 1.96. The van der Waals surface area contributed by atoms with Crippen LogP contribution in [0.4, 0.5) is 0 Å². The van der Waals surface area contributed by atoms with Gasteiger partial charge in [0.25, 0.3) is 0 Å². The molecule has 2 N–H and O–H groups in total. The van der Waals surface area contributed by atoms with Crippen molar-refractivity contribution in [3.8, 4) is 0 Å². The number of hydrogen-bond acceptors (Lipinski definition) is 1. The fourth-order valence-electron chi connectivity index (χ4n) is 0.774. The van der Waals surface area contributed by atoms with Crippen molar-refractivity contribution >= 4 is 12.6 Å². The van der Waals surface area contributed by atoms with Crippen molar-refractivity contribution in [2.45, 2.75) is 6.42 Å². The minimum Gasteiger partial charge on any atom is -0.412 e. The van der Waals surface area contributed by atoms with Crippen LogP contribution in [0.2, 0.25) is 0 Å². The number of rotatable bonds is 2. The zero-order valence-electron chi connectivity index (χ0n) is 5.75. The lowest BCUT2D eigenvalue weighted by Crippen LogP contribution is -1.82. The zero-order chi connectivity index (χ0) is 6.53. The summed E-state index contributed by atoms with van der Waals surface area (Å²) in [6.45, 7) is 0. The van der Waals surface area contributed by atoms with Gasteiger partial charge in [0.15, 0.2) is 0 Å². The minimum atomic E-state index is 0. The van der Waals surface area contributed by atoms with Crippen LogP contribution in [0.5, 0.6) is 0 Å². The molecule has 0 aliphatic rings. The quantitative estimate of drug-likeness (QED) is 0.626. The molecule has 0 saturated carbocycles.